The second-order valence-electron chi connectivity index (χ2n) is 4.27. The maximum Gasteiger partial charge on any atom is -0.00146 e. The van der Waals surface area contributed by atoms with Gasteiger partial charge in [0, 0.05) is 0 Å². The Kier molecular flexibility index (Phi) is 2.87. The monoisotopic (exact) mass is 189 g/mol. The first-order valence-corrected chi connectivity index (χ1v) is 5.59. The number of benzene rings is 1. The molecule has 0 heterocycles. The minimum absolute atomic E-state index is 0.829. The molecule has 1 heteroatoms. The van der Waals surface area contributed by atoms with Crippen molar-refractivity contribution in [2.75, 3.05) is 13.1 Å². The SMILES string of the molecule is CCNCC1CC1c1ccccc1C. The van der Waals surface area contributed by atoms with Gasteiger partial charge in [0.15, 0.2) is 0 Å². The molecule has 1 aromatic rings. The molecule has 2 rings (SSSR count). The number of hydrogen-bond acceptors (Lipinski definition) is 1. The number of aryl methyl sites for hydroxylation is 1. The van der Waals surface area contributed by atoms with Gasteiger partial charge in [-0.05, 0) is 49.4 Å². The van der Waals surface area contributed by atoms with Crippen LogP contribution in [-0.4, -0.2) is 13.1 Å². The van der Waals surface area contributed by atoms with Crippen LogP contribution in [0.5, 0.6) is 0 Å². The molecule has 1 N–H and O–H groups in total. The highest BCUT2D eigenvalue weighted by molar-refractivity contribution is 5.33. The number of hydrogen-bond donors (Lipinski definition) is 1. The first-order valence-electron chi connectivity index (χ1n) is 5.59. The van der Waals surface area contributed by atoms with Gasteiger partial charge < -0.3 is 5.32 Å². The molecular formula is C13H19N. The topological polar surface area (TPSA) is 12.0 Å². The van der Waals surface area contributed by atoms with Gasteiger partial charge in [0.25, 0.3) is 0 Å². The van der Waals surface area contributed by atoms with Gasteiger partial charge in [0.05, 0.1) is 0 Å². The van der Waals surface area contributed by atoms with Gasteiger partial charge >= 0.3 is 0 Å². The van der Waals surface area contributed by atoms with Crippen LogP contribution in [0.2, 0.25) is 0 Å². The predicted octanol–water partition coefficient (Wildman–Crippen LogP) is 2.71. The Morgan fingerprint density at radius 1 is 1.36 bits per heavy atom. The summed E-state index contributed by atoms with van der Waals surface area (Å²) in [4.78, 5) is 0. The lowest BCUT2D eigenvalue weighted by Crippen LogP contribution is -2.16. The zero-order chi connectivity index (χ0) is 9.97. The number of rotatable bonds is 4. The van der Waals surface area contributed by atoms with Crippen molar-refractivity contribution in [1.29, 1.82) is 0 Å². The summed E-state index contributed by atoms with van der Waals surface area (Å²) in [6, 6.07) is 8.79. The standard InChI is InChI=1S/C13H19N/c1-3-14-9-11-8-13(11)12-7-5-4-6-10(12)2/h4-7,11,13-14H,3,8-9H2,1-2H3. The van der Waals surface area contributed by atoms with E-state index in [1.165, 1.54) is 18.5 Å². The van der Waals surface area contributed by atoms with Crippen molar-refractivity contribution < 1.29 is 0 Å². The second kappa shape index (κ2) is 4.14. The second-order valence-corrected chi connectivity index (χ2v) is 4.27. The van der Waals surface area contributed by atoms with Gasteiger partial charge in [-0.15, -0.1) is 0 Å². The Hall–Kier alpha value is -0.820. The molecule has 2 unspecified atom stereocenters. The highest BCUT2D eigenvalue weighted by Crippen LogP contribution is 2.47. The first kappa shape index (κ1) is 9.72. The average molecular weight is 189 g/mol. The van der Waals surface area contributed by atoms with Gasteiger partial charge in [-0.25, -0.2) is 0 Å². The summed E-state index contributed by atoms with van der Waals surface area (Å²) >= 11 is 0. The van der Waals surface area contributed by atoms with Crippen molar-refractivity contribution >= 4 is 0 Å². The van der Waals surface area contributed by atoms with E-state index in [9.17, 15) is 0 Å². The predicted molar refractivity (Wildman–Crippen MR) is 60.6 cm³/mol. The molecule has 0 spiro atoms. The molecule has 0 radical (unpaired) electrons. The lowest BCUT2D eigenvalue weighted by Gasteiger charge is -2.04. The minimum atomic E-state index is 0.829. The molecule has 1 fully saturated rings. The van der Waals surface area contributed by atoms with Gasteiger partial charge in [-0.1, -0.05) is 31.2 Å². The molecule has 1 aliphatic rings. The normalized spacial score (nSPS) is 25.0. The van der Waals surface area contributed by atoms with Crippen molar-refractivity contribution in [3.05, 3.63) is 35.4 Å². The van der Waals surface area contributed by atoms with E-state index in [0.717, 1.165) is 18.4 Å². The van der Waals surface area contributed by atoms with Crippen LogP contribution in [0, 0.1) is 12.8 Å². The Morgan fingerprint density at radius 3 is 2.86 bits per heavy atom. The van der Waals surface area contributed by atoms with Gasteiger partial charge in [0.1, 0.15) is 0 Å². The quantitative estimate of drug-likeness (QED) is 0.768. The third-order valence-corrected chi connectivity index (χ3v) is 3.17. The fourth-order valence-electron chi connectivity index (χ4n) is 2.19. The molecule has 0 saturated heterocycles. The molecule has 0 aromatic heterocycles. The maximum absolute atomic E-state index is 3.43. The molecule has 1 aromatic carbocycles. The van der Waals surface area contributed by atoms with Crippen LogP contribution >= 0.6 is 0 Å². The van der Waals surface area contributed by atoms with E-state index in [1.807, 2.05) is 0 Å². The molecular weight excluding hydrogens is 170 g/mol. The van der Waals surface area contributed by atoms with E-state index in [1.54, 1.807) is 5.56 Å². The molecule has 0 aliphatic heterocycles. The summed E-state index contributed by atoms with van der Waals surface area (Å²) in [5, 5.41) is 3.43. The first-order chi connectivity index (χ1) is 6.83. The Morgan fingerprint density at radius 2 is 2.14 bits per heavy atom. The largest absolute Gasteiger partial charge is 0.317 e. The minimum Gasteiger partial charge on any atom is -0.317 e. The van der Waals surface area contributed by atoms with Crippen LogP contribution in [0.25, 0.3) is 0 Å². The molecule has 14 heavy (non-hydrogen) atoms. The van der Waals surface area contributed by atoms with Crippen molar-refractivity contribution in [2.24, 2.45) is 5.92 Å². The van der Waals surface area contributed by atoms with E-state index in [2.05, 4.69) is 43.4 Å². The third kappa shape index (κ3) is 1.98. The van der Waals surface area contributed by atoms with E-state index >= 15 is 0 Å². The van der Waals surface area contributed by atoms with Crippen LogP contribution in [0.4, 0.5) is 0 Å². The third-order valence-electron chi connectivity index (χ3n) is 3.17. The van der Waals surface area contributed by atoms with Gasteiger partial charge in [-0.2, -0.15) is 0 Å². The summed E-state index contributed by atoms with van der Waals surface area (Å²) < 4.78 is 0. The van der Waals surface area contributed by atoms with Crippen LogP contribution in [0.15, 0.2) is 24.3 Å². The summed E-state index contributed by atoms with van der Waals surface area (Å²) in [5.41, 5.74) is 3.02. The Labute approximate surface area is 86.5 Å². The van der Waals surface area contributed by atoms with Crippen LogP contribution < -0.4 is 5.32 Å². The summed E-state index contributed by atoms with van der Waals surface area (Å²) in [6.07, 6.45) is 1.37. The lowest BCUT2D eigenvalue weighted by molar-refractivity contribution is 0.649. The highest BCUT2D eigenvalue weighted by Gasteiger charge is 2.38. The molecule has 1 nitrogen and oxygen atoms in total. The van der Waals surface area contributed by atoms with Crippen molar-refractivity contribution in [2.45, 2.75) is 26.2 Å². The average Bonchev–Trinajstić information content (AvgIpc) is 2.95. The number of nitrogens with one attached hydrogen (secondary N) is 1. The van der Waals surface area contributed by atoms with E-state index in [4.69, 9.17) is 0 Å². The van der Waals surface area contributed by atoms with Crippen LogP contribution in [-0.2, 0) is 0 Å². The van der Waals surface area contributed by atoms with Crippen LogP contribution in [0.1, 0.15) is 30.4 Å². The van der Waals surface area contributed by atoms with Gasteiger partial charge in [0.2, 0.25) is 0 Å². The molecule has 0 bridgehead atoms. The van der Waals surface area contributed by atoms with E-state index in [-0.39, 0.29) is 0 Å². The summed E-state index contributed by atoms with van der Waals surface area (Å²) in [5.74, 6) is 1.71. The van der Waals surface area contributed by atoms with Crippen LogP contribution in [0.3, 0.4) is 0 Å². The van der Waals surface area contributed by atoms with Crippen molar-refractivity contribution in [1.82, 2.24) is 5.32 Å². The molecule has 1 saturated carbocycles. The molecule has 76 valence electrons. The van der Waals surface area contributed by atoms with Crippen molar-refractivity contribution in [3.8, 4) is 0 Å². The smallest absolute Gasteiger partial charge is 0.00146 e. The molecule has 1 aliphatic carbocycles. The zero-order valence-corrected chi connectivity index (χ0v) is 9.09. The Bertz CT molecular complexity index is 306. The highest BCUT2D eigenvalue weighted by atomic mass is 14.9. The van der Waals surface area contributed by atoms with E-state index in [0.29, 0.717) is 0 Å². The fourth-order valence-corrected chi connectivity index (χ4v) is 2.19. The molecule has 2 atom stereocenters. The summed E-state index contributed by atoms with van der Waals surface area (Å²) in [6.45, 7) is 6.68. The Balaban J connectivity index is 1.96. The fraction of sp³-hybridized carbons (Fsp3) is 0.538. The lowest BCUT2D eigenvalue weighted by atomic mass is 10.0. The summed E-state index contributed by atoms with van der Waals surface area (Å²) in [7, 11) is 0. The van der Waals surface area contributed by atoms with Gasteiger partial charge in [-0.3, -0.25) is 0 Å². The zero-order valence-electron chi connectivity index (χ0n) is 9.09. The van der Waals surface area contributed by atoms with E-state index < -0.39 is 0 Å². The van der Waals surface area contributed by atoms with Crippen molar-refractivity contribution in [3.63, 3.8) is 0 Å². The molecule has 0 amide bonds. The maximum atomic E-state index is 3.43.